The smallest absolute Gasteiger partial charge is 0.219 e. The molecule has 2 aromatic heterocycles. The van der Waals surface area contributed by atoms with E-state index >= 15 is 8.78 Å². The fourth-order valence-corrected chi connectivity index (χ4v) is 5.20. The van der Waals surface area contributed by atoms with Crippen LogP contribution in [0, 0.1) is 25.5 Å². The number of hydrogen-bond donors (Lipinski definition) is 0. The molecule has 194 valence electrons. The fraction of sp³-hybridized carbons (Fsp3) is 0.171. The highest BCUT2D eigenvalue weighted by Crippen LogP contribution is 2.42. The molecule has 4 aromatic carbocycles. The van der Waals surface area contributed by atoms with Crippen molar-refractivity contribution in [2.24, 2.45) is 7.05 Å². The van der Waals surface area contributed by atoms with Crippen molar-refractivity contribution < 1.29 is 27.4 Å². The molecule has 0 aliphatic carbocycles. The Morgan fingerprint density at radius 2 is 1.33 bits per heavy atom. The van der Waals surface area contributed by atoms with Gasteiger partial charge in [-0.3, -0.25) is 0 Å². The van der Waals surface area contributed by atoms with Crippen LogP contribution in [0.5, 0.6) is 0 Å². The fourth-order valence-electron chi connectivity index (χ4n) is 5.20. The zero-order valence-electron chi connectivity index (χ0n) is 28.7. The third-order valence-electron chi connectivity index (χ3n) is 7.27. The van der Waals surface area contributed by atoms with Gasteiger partial charge in [-0.25, -0.2) is 13.3 Å². The van der Waals surface area contributed by atoms with Crippen LogP contribution in [0.3, 0.4) is 0 Å². The highest BCUT2D eigenvalue weighted by atomic mass is 19.1. The van der Waals surface area contributed by atoms with Crippen LogP contribution >= 0.6 is 0 Å². The van der Waals surface area contributed by atoms with Crippen molar-refractivity contribution in [3.05, 3.63) is 113 Å². The number of hydrogen-bond acceptors (Lipinski definition) is 1. The van der Waals surface area contributed by atoms with Gasteiger partial charge in [0.1, 0.15) is 29.8 Å². The summed E-state index contributed by atoms with van der Waals surface area (Å²) in [5, 5.41) is 1.29. The van der Waals surface area contributed by atoms with E-state index in [1.807, 2.05) is 67.6 Å². The number of aromatic nitrogens is 1. The minimum absolute atomic E-state index is 0.256. The molecule has 0 fully saturated rings. The van der Waals surface area contributed by atoms with Crippen molar-refractivity contribution in [1.82, 2.24) is 0 Å². The van der Waals surface area contributed by atoms with Gasteiger partial charge in [-0.15, -0.1) is 0 Å². The number of halogens is 2. The van der Waals surface area contributed by atoms with Crippen LogP contribution in [0.2, 0.25) is 0 Å². The summed E-state index contributed by atoms with van der Waals surface area (Å²) in [4.78, 5) is 0. The third-order valence-corrected chi connectivity index (χ3v) is 7.27. The van der Waals surface area contributed by atoms with Gasteiger partial charge in [0, 0.05) is 26.4 Å². The quantitative estimate of drug-likeness (QED) is 0.210. The first-order chi connectivity index (χ1) is 21.5. The maximum Gasteiger partial charge on any atom is 0.219 e. The minimum atomic E-state index is -3.35. The Balaban J connectivity index is 1.54. The maximum atomic E-state index is 15.8. The standard InChI is InChI=1S/C35H30F2NO/c1-20(2)28-19-38(5)31(18-30(28)37)32-22(4)8-15-26-27-16-17-29(36)33(35(27)39-34(26)32)25-13-11-24(12-14-25)23-9-6-21(3)7-10-23/h6-20H,1-5H3/q+1/i1D3,2D3,20D. The second-order valence-corrected chi connectivity index (χ2v) is 9.88. The lowest BCUT2D eigenvalue weighted by Crippen LogP contribution is -2.32. The Kier molecular flexibility index (Phi) is 4.38. The Morgan fingerprint density at radius 1 is 0.744 bits per heavy atom. The van der Waals surface area contributed by atoms with Crippen molar-refractivity contribution in [3.8, 4) is 33.5 Å². The van der Waals surface area contributed by atoms with E-state index in [2.05, 4.69) is 0 Å². The second kappa shape index (κ2) is 9.46. The first-order valence-corrected chi connectivity index (χ1v) is 12.5. The van der Waals surface area contributed by atoms with Crippen molar-refractivity contribution in [3.63, 3.8) is 0 Å². The number of aryl methyl sites for hydroxylation is 3. The van der Waals surface area contributed by atoms with Gasteiger partial charge < -0.3 is 4.42 Å². The molecule has 0 spiro atoms. The molecule has 0 amide bonds. The average Bonchev–Trinajstić information content (AvgIpc) is 3.35. The number of benzene rings is 4. The summed E-state index contributed by atoms with van der Waals surface area (Å²) in [5.74, 6) is -4.83. The van der Waals surface area contributed by atoms with Gasteiger partial charge in [0.25, 0.3) is 0 Å². The SMILES string of the molecule is [2H]C([2H])([2H])C([2H])(c1c[n+](C)c(-c2c(C)ccc3c2oc2c(-c4ccc(-c5ccc(C)cc5)cc4)c(F)ccc23)cc1F)C([2H])([2H])[2H]. The van der Waals surface area contributed by atoms with E-state index in [4.69, 9.17) is 14.0 Å². The second-order valence-electron chi connectivity index (χ2n) is 9.88. The Morgan fingerprint density at radius 3 is 2.00 bits per heavy atom. The van der Waals surface area contributed by atoms with Gasteiger partial charge in [-0.05, 0) is 54.1 Å². The van der Waals surface area contributed by atoms with Crippen LogP contribution in [-0.4, -0.2) is 0 Å². The molecule has 0 radical (unpaired) electrons. The number of rotatable bonds is 4. The topological polar surface area (TPSA) is 17.0 Å². The van der Waals surface area contributed by atoms with E-state index in [1.165, 1.54) is 17.7 Å². The van der Waals surface area contributed by atoms with Crippen LogP contribution in [0.15, 0.2) is 89.5 Å². The largest absolute Gasteiger partial charge is 0.454 e. The Labute approximate surface area is 237 Å². The summed E-state index contributed by atoms with van der Waals surface area (Å²) in [6.45, 7) is -2.88. The van der Waals surface area contributed by atoms with Gasteiger partial charge >= 0.3 is 0 Å². The summed E-state index contributed by atoms with van der Waals surface area (Å²) in [5.41, 5.74) is 5.32. The molecule has 0 aliphatic rings. The monoisotopic (exact) mass is 525 g/mol. The summed E-state index contributed by atoms with van der Waals surface area (Å²) >= 11 is 0. The number of pyridine rings is 1. The first-order valence-electron chi connectivity index (χ1n) is 16.0. The molecule has 0 aliphatic heterocycles. The van der Waals surface area contributed by atoms with Crippen molar-refractivity contribution in [2.75, 3.05) is 0 Å². The molecule has 6 aromatic rings. The lowest BCUT2D eigenvalue weighted by atomic mass is 9.96. The molecule has 6 rings (SSSR count). The van der Waals surface area contributed by atoms with Gasteiger partial charge in [-0.2, -0.15) is 0 Å². The first kappa shape index (κ1) is 18.1. The van der Waals surface area contributed by atoms with Gasteiger partial charge in [0.15, 0.2) is 6.20 Å². The highest BCUT2D eigenvalue weighted by molar-refractivity contribution is 6.13. The Hall–Kier alpha value is -4.31. The maximum absolute atomic E-state index is 15.8. The van der Waals surface area contributed by atoms with Crippen LogP contribution in [0.1, 0.15) is 45.9 Å². The van der Waals surface area contributed by atoms with Crippen LogP contribution < -0.4 is 4.57 Å². The van der Waals surface area contributed by atoms with Crippen molar-refractivity contribution in [2.45, 2.75) is 33.4 Å². The number of nitrogens with zero attached hydrogens (tertiary/aromatic N) is 1. The van der Waals surface area contributed by atoms with Gasteiger partial charge in [-0.1, -0.05) is 79.9 Å². The lowest BCUT2D eigenvalue weighted by molar-refractivity contribution is -0.661. The minimum Gasteiger partial charge on any atom is -0.454 e. The number of fused-ring (bicyclic) bond motifs is 3. The summed E-state index contributed by atoms with van der Waals surface area (Å²) < 4.78 is 94.5. The van der Waals surface area contributed by atoms with Gasteiger partial charge in [0.05, 0.1) is 16.7 Å². The average molecular weight is 526 g/mol. The normalized spacial score (nSPS) is 15.3. The summed E-state index contributed by atoms with van der Waals surface area (Å²) in [6, 6.07) is 23.3. The van der Waals surface area contributed by atoms with E-state index in [0.717, 1.165) is 29.0 Å². The predicted molar refractivity (Wildman–Crippen MR) is 155 cm³/mol. The van der Waals surface area contributed by atoms with Crippen molar-refractivity contribution >= 4 is 21.9 Å². The molecular weight excluding hydrogens is 488 g/mol. The molecule has 0 atom stereocenters. The molecule has 0 saturated heterocycles. The van der Waals surface area contributed by atoms with Crippen LogP contribution in [0.25, 0.3) is 55.4 Å². The lowest BCUT2D eigenvalue weighted by Gasteiger charge is -2.09. The predicted octanol–water partition coefficient (Wildman–Crippen LogP) is 9.43. The zero-order valence-corrected chi connectivity index (χ0v) is 21.7. The van der Waals surface area contributed by atoms with E-state index in [9.17, 15) is 0 Å². The van der Waals surface area contributed by atoms with Crippen molar-refractivity contribution in [1.29, 1.82) is 0 Å². The zero-order chi connectivity index (χ0) is 33.3. The molecular formula is C35H30F2NO+. The summed E-state index contributed by atoms with van der Waals surface area (Å²) in [6.07, 6.45) is 1.04. The van der Waals surface area contributed by atoms with Crippen LogP contribution in [-0.2, 0) is 7.05 Å². The highest BCUT2D eigenvalue weighted by Gasteiger charge is 2.25. The van der Waals surface area contributed by atoms with E-state index in [0.29, 0.717) is 38.6 Å². The summed E-state index contributed by atoms with van der Waals surface area (Å²) in [7, 11) is 1.51. The Bertz CT molecular complexity index is 2120. The molecule has 39 heavy (non-hydrogen) atoms. The molecule has 0 saturated carbocycles. The van der Waals surface area contributed by atoms with E-state index < -0.39 is 36.8 Å². The number of furan rings is 1. The molecule has 0 bridgehead atoms. The molecule has 2 nitrogen and oxygen atoms in total. The van der Waals surface area contributed by atoms with Gasteiger partial charge in [0.2, 0.25) is 5.69 Å². The molecule has 0 N–H and O–H groups in total. The molecule has 0 unspecified atom stereocenters. The molecule has 4 heteroatoms. The van der Waals surface area contributed by atoms with Crippen LogP contribution in [0.4, 0.5) is 8.78 Å². The third kappa shape index (κ3) is 4.21. The van der Waals surface area contributed by atoms with E-state index in [1.54, 1.807) is 13.0 Å². The van der Waals surface area contributed by atoms with E-state index in [-0.39, 0.29) is 11.3 Å². The molecule has 2 heterocycles.